The number of fused-ring (bicyclic) bond motifs is 1. The van der Waals surface area contributed by atoms with Crippen molar-refractivity contribution in [2.24, 2.45) is 11.7 Å². The van der Waals surface area contributed by atoms with Crippen LogP contribution >= 0.6 is 24.0 Å². The molecule has 0 aliphatic carbocycles. The van der Waals surface area contributed by atoms with Crippen LogP contribution in [0.25, 0.3) is 11.7 Å². The average molecular weight is 496 g/mol. The van der Waals surface area contributed by atoms with E-state index in [4.69, 9.17) is 27.4 Å². The van der Waals surface area contributed by atoms with Gasteiger partial charge in [0.25, 0.3) is 11.5 Å². The molecule has 0 radical (unpaired) electrons. The Morgan fingerprint density at radius 3 is 2.74 bits per heavy atom. The molecule has 0 atom stereocenters. The van der Waals surface area contributed by atoms with E-state index in [2.05, 4.69) is 0 Å². The largest absolute Gasteiger partial charge is 0.467 e. The fourth-order valence-electron chi connectivity index (χ4n) is 4.16. The summed E-state index contributed by atoms with van der Waals surface area (Å²) in [4.78, 5) is 46.7. The van der Waals surface area contributed by atoms with E-state index in [0.29, 0.717) is 57.9 Å². The van der Waals surface area contributed by atoms with Crippen molar-refractivity contribution in [1.29, 1.82) is 0 Å². The van der Waals surface area contributed by atoms with Gasteiger partial charge in [-0.1, -0.05) is 30.0 Å². The maximum Gasteiger partial charge on any atom is 0.267 e. The van der Waals surface area contributed by atoms with Gasteiger partial charge < -0.3 is 15.1 Å². The topological polar surface area (TPSA) is 114 Å². The Hall–Kier alpha value is -3.44. The summed E-state index contributed by atoms with van der Waals surface area (Å²) in [5.41, 5.74) is 6.00. The minimum atomic E-state index is -0.313. The minimum absolute atomic E-state index is 0.195. The lowest BCUT2D eigenvalue weighted by Gasteiger charge is -2.32. The molecule has 2 amide bonds. The number of thiocarbonyl (C=S) groups is 1. The van der Waals surface area contributed by atoms with Crippen LogP contribution in [0.4, 0.5) is 5.82 Å². The van der Waals surface area contributed by atoms with E-state index in [1.807, 2.05) is 11.0 Å². The number of amides is 2. The number of nitrogens with zero attached hydrogens (tertiary/aromatic N) is 4. The van der Waals surface area contributed by atoms with E-state index in [0.717, 1.165) is 11.8 Å². The van der Waals surface area contributed by atoms with Crippen molar-refractivity contribution < 1.29 is 14.0 Å². The highest BCUT2D eigenvalue weighted by Gasteiger charge is 2.34. The maximum absolute atomic E-state index is 13.5. The number of carbonyl (C=O) groups excluding carboxylic acids is 2. The molecule has 2 fully saturated rings. The van der Waals surface area contributed by atoms with Crippen molar-refractivity contribution in [1.82, 2.24) is 14.3 Å². The Morgan fingerprint density at radius 1 is 1.24 bits per heavy atom. The van der Waals surface area contributed by atoms with Crippen molar-refractivity contribution in [2.45, 2.75) is 19.4 Å². The predicted octanol–water partition coefficient (Wildman–Crippen LogP) is 2.39. The highest BCUT2D eigenvalue weighted by atomic mass is 32.2. The second-order valence-corrected chi connectivity index (χ2v) is 9.77. The first-order chi connectivity index (χ1) is 16.4. The molecule has 2 aliphatic rings. The van der Waals surface area contributed by atoms with E-state index in [1.165, 1.54) is 15.6 Å². The third kappa shape index (κ3) is 4.12. The molecule has 5 rings (SSSR count). The molecule has 174 valence electrons. The molecule has 0 unspecified atom stereocenters. The molecule has 9 nitrogen and oxygen atoms in total. The van der Waals surface area contributed by atoms with Gasteiger partial charge in [0.05, 0.1) is 23.3 Å². The number of aromatic nitrogens is 2. The molecule has 0 spiro atoms. The first kappa shape index (κ1) is 22.4. The Labute approximate surface area is 204 Å². The van der Waals surface area contributed by atoms with Crippen molar-refractivity contribution in [3.63, 3.8) is 0 Å². The van der Waals surface area contributed by atoms with E-state index in [9.17, 15) is 14.4 Å². The summed E-state index contributed by atoms with van der Waals surface area (Å²) in [6.45, 7) is 1.28. The molecule has 2 N–H and O–H groups in total. The van der Waals surface area contributed by atoms with Gasteiger partial charge in [-0.05, 0) is 43.2 Å². The SMILES string of the molecule is NC(=O)C1CCN(c2nc3ccccn3c(=O)c2/C=C2/SC(=S)N(Cc3ccco3)C2=O)CC1. The molecule has 0 aromatic carbocycles. The van der Waals surface area contributed by atoms with E-state index >= 15 is 0 Å². The molecular formula is C23H21N5O4S2. The molecule has 34 heavy (non-hydrogen) atoms. The highest BCUT2D eigenvalue weighted by molar-refractivity contribution is 8.26. The van der Waals surface area contributed by atoms with E-state index < -0.39 is 0 Å². The summed E-state index contributed by atoms with van der Waals surface area (Å²) in [5, 5.41) is 0. The zero-order valence-electron chi connectivity index (χ0n) is 18.0. The molecule has 2 aliphatic heterocycles. The molecule has 5 heterocycles. The Morgan fingerprint density at radius 2 is 2.03 bits per heavy atom. The number of rotatable bonds is 5. The molecule has 3 aromatic rings. The van der Waals surface area contributed by atoms with Gasteiger partial charge in [-0.2, -0.15) is 0 Å². The van der Waals surface area contributed by atoms with Gasteiger partial charge in [0.2, 0.25) is 5.91 Å². The van der Waals surface area contributed by atoms with Gasteiger partial charge in [-0.3, -0.25) is 23.7 Å². The van der Waals surface area contributed by atoms with Crippen molar-refractivity contribution in [3.05, 3.63) is 69.4 Å². The summed E-state index contributed by atoms with van der Waals surface area (Å²) in [6.07, 6.45) is 5.92. The fourth-order valence-corrected chi connectivity index (χ4v) is 5.40. The summed E-state index contributed by atoms with van der Waals surface area (Å²) < 4.78 is 7.20. The number of thioether (sulfide) groups is 1. The van der Waals surface area contributed by atoms with Crippen LogP contribution in [0.1, 0.15) is 24.2 Å². The first-order valence-corrected chi connectivity index (χ1v) is 12.0. The van der Waals surface area contributed by atoms with Crippen molar-refractivity contribution in [2.75, 3.05) is 18.0 Å². The van der Waals surface area contributed by atoms with Crippen LogP contribution in [-0.4, -0.2) is 43.5 Å². The van der Waals surface area contributed by atoms with Crippen molar-refractivity contribution >= 4 is 57.7 Å². The maximum atomic E-state index is 13.5. The van der Waals surface area contributed by atoms with Gasteiger partial charge in [-0.15, -0.1) is 0 Å². The van der Waals surface area contributed by atoms with Gasteiger partial charge in [-0.25, -0.2) is 4.98 Å². The van der Waals surface area contributed by atoms with E-state index in [-0.39, 0.29) is 29.8 Å². The number of carbonyl (C=O) groups is 2. The lowest BCUT2D eigenvalue weighted by Crippen LogP contribution is -2.40. The number of furan rings is 1. The van der Waals surface area contributed by atoms with Crippen LogP contribution in [0.15, 0.2) is 56.9 Å². The summed E-state index contributed by atoms with van der Waals surface area (Å²) in [7, 11) is 0. The second kappa shape index (κ2) is 9.07. The molecule has 11 heteroatoms. The number of hydrogen-bond donors (Lipinski definition) is 1. The van der Waals surface area contributed by atoms with Crippen molar-refractivity contribution in [3.8, 4) is 0 Å². The Kier molecular flexibility index (Phi) is 5.96. The summed E-state index contributed by atoms with van der Waals surface area (Å²) >= 11 is 6.57. The highest BCUT2D eigenvalue weighted by Crippen LogP contribution is 2.35. The summed E-state index contributed by atoms with van der Waals surface area (Å²) in [5.74, 6) is 0.298. The molecule has 0 bridgehead atoms. The quantitative estimate of drug-likeness (QED) is 0.424. The number of anilines is 1. The van der Waals surface area contributed by atoms with Crippen LogP contribution in [0, 0.1) is 5.92 Å². The van der Waals surface area contributed by atoms with E-state index in [1.54, 1.807) is 36.5 Å². The lowest BCUT2D eigenvalue weighted by atomic mass is 9.96. The normalized spacial score (nSPS) is 18.4. The predicted molar refractivity (Wildman–Crippen MR) is 133 cm³/mol. The minimum Gasteiger partial charge on any atom is -0.467 e. The van der Waals surface area contributed by atoms with Crippen LogP contribution in [0.2, 0.25) is 0 Å². The second-order valence-electron chi connectivity index (χ2n) is 8.09. The number of piperidine rings is 1. The number of primary amides is 1. The zero-order valence-corrected chi connectivity index (χ0v) is 19.7. The molecule has 2 saturated heterocycles. The summed E-state index contributed by atoms with van der Waals surface area (Å²) in [6, 6.07) is 8.84. The average Bonchev–Trinajstić information content (AvgIpc) is 3.45. The third-order valence-electron chi connectivity index (χ3n) is 5.99. The Balaban J connectivity index is 1.54. The molecular weight excluding hydrogens is 474 g/mol. The lowest BCUT2D eigenvalue weighted by molar-refractivity contribution is -0.123. The molecule has 0 saturated carbocycles. The standard InChI is InChI=1S/C23H21N5O4S2/c24-19(29)14-6-9-26(10-7-14)20-16(21(30)27-8-2-1-5-18(27)25-20)12-17-22(31)28(23(33)34-17)13-15-4-3-11-32-15/h1-5,8,11-12,14H,6-7,9-10,13H2,(H2,24,29)/b17-12+. The van der Waals surface area contributed by atoms with Gasteiger partial charge in [0.1, 0.15) is 21.5 Å². The van der Waals surface area contributed by atoms with Gasteiger partial charge in [0, 0.05) is 25.2 Å². The third-order valence-corrected chi connectivity index (χ3v) is 7.37. The number of hydrogen-bond acceptors (Lipinski definition) is 8. The van der Waals surface area contributed by atoms with Crippen LogP contribution in [0.3, 0.4) is 0 Å². The van der Waals surface area contributed by atoms with Crippen LogP contribution in [-0.2, 0) is 16.1 Å². The monoisotopic (exact) mass is 495 g/mol. The molecule has 3 aromatic heterocycles. The van der Waals surface area contributed by atoms with Crippen LogP contribution < -0.4 is 16.2 Å². The smallest absolute Gasteiger partial charge is 0.267 e. The Bertz CT molecular complexity index is 1370. The van der Waals surface area contributed by atoms with Gasteiger partial charge >= 0.3 is 0 Å². The number of pyridine rings is 1. The van der Waals surface area contributed by atoms with Gasteiger partial charge in [0.15, 0.2) is 0 Å². The first-order valence-electron chi connectivity index (χ1n) is 10.8. The van der Waals surface area contributed by atoms with Crippen LogP contribution in [0.5, 0.6) is 0 Å². The fraction of sp³-hybridized carbons (Fsp3) is 0.261. The number of nitrogens with two attached hydrogens (primary N) is 1. The zero-order chi connectivity index (χ0) is 23.8.